The molecule has 2 rings (SSSR count). The molecule has 0 saturated heterocycles. The van der Waals surface area contributed by atoms with E-state index in [1.807, 2.05) is 0 Å². The largest absolute Gasteiger partial charge is 0.492 e. The molecule has 0 aromatic carbocycles. The van der Waals surface area contributed by atoms with Gasteiger partial charge < -0.3 is 10.4 Å². The predicted octanol–water partition coefficient (Wildman–Crippen LogP) is -0.596. The maximum atomic E-state index is 11.2. The maximum Gasteiger partial charge on any atom is 0.327 e. The van der Waals surface area contributed by atoms with Crippen molar-refractivity contribution >= 4 is 17.1 Å². The first-order chi connectivity index (χ1) is 6.63. The molecule has 0 saturated carbocycles. The summed E-state index contributed by atoms with van der Waals surface area (Å²) in [5.74, 6) is 0.0293. The normalized spacial score (nSPS) is 10.7. The SMILES string of the molecule is CNc1nc(O)c2[nH]c(=O)n(C)c2n1. The second kappa shape index (κ2) is 2.72. The highest BCUT2D eigenvalue weighted by atomic mass is 16.3. The minimum absolute atomic E-state index is 0.239. The molecule has 0 radical (unpaired) electrons. The van der Waals surface area contributed by atoms with Crippen LogP contribution in [-0.4, -0.2) is 31.7 Å². The van der Waals surface area contributed by atoms with E-state index in [2.05, 4.69) is 20.3 Å². The van der Waals surface area contributed by atoms with Crippen molar-refractivity contribution in [2.24, 2.45) is 7.05 Å². The number of aromatic amines is 1. The Kier molecular flexibility index (Phi) is 1.66. The highest BCUT2D eigenvalue weighted by Gasteiger charge is 2.11. The first kappa shape index (κ1) is 8.54. The minimum Gasteiger partial charge on any atom is -0.492 e. The van der Waals surface area contributed by atoms with Crippen molar-refractivity contribution in [1.82, 2.24) is 19.5 Å². The molecule has 3 N–H and O–H groups in total. The molecule has 74 valence electrons. The van der Waals surface area contributed by atoms with E-state index in [9.17, 15) is 9.90 Å². The number of hydrogen-bond donors (Lipinski definition) is 3. The van der Waals surface area contributed by atoms with Crippen molar-refractivity contribution < 1.29 is 5.11 Å². The van der Waals surface area contributed by atoms with Crippen molar-refractivity contribution in [1.29, 1.82) is 0 Å². The fourth-order valence-corrected chi connectivity index (χ4v) is 1.19. The summed E-state index contributed by atoms with van der Waals surface area (Å²) in [5.41, 5.74) is 0.279. The summed E-state index contributed by atoms with van der Waals surface area (Å²) < 4.78 is 1.30. The summed E-state index contributed by atoms with van der Waals surface area (Å²) in [6.45, 7) is 0. The standard InChI is InChI=1S/C7H9N5O2/c1-8-6-10-4-3(5(13)11-6)9-7(14)12(4)2/h1-2H3,(H,9,14)(H2,8,10,11,13). The monoisotopic (exact) mass is 195 g/mol. The third kappa shape index (κ3) is 1.02. The van der Waals surface area contributed by atoms with Crippen LogP contribution in [0.25, 0.3) is 11.2 Å². The molecule has 0 aliphatic heterocycles. The second-order valence-corrected chi connectivity index (χ2v) is 2.81. The summed E-state index contributed by atoms with van der Waals surface area (Å²) in [5, 5.41) is 12.1. The summed E-state index contributed by atoms with van der Waals surface area (Å²) >= 11 is 0. The number of aromatic nitrogens is 4. The third-order valence-electron chi connectivity index (χ3n) is 1.95. The van der Waals surface area contributed by atoms with E-state index in [0.717, 1.165) is 0 Å². The molecule has 7 heteroatoms. The van der Waals surface area contributed by atoms with Crippen LogP contribution in [0.5, 0.6) is 5.88 Å². The smallest absolute Gasteiger partial charge is 0.327 e. The van der Waals surface area contributed by atoms with Gasteiger partial charge in [0.25, 0.3) is 0 Å². The van der Waals surface area contributed by atoms with E-state index in [1.54, 1.807) is 14.1 Å². The Bertz CT molecular complexity index is 541. The topological polar surface area (TPSA) is 95.8 Å². The van der Waals surface area contributed by atoms with Crippen molar-refractivity contribution in [3.63, 3.8) is 0 Å². The van der Waals surface area contributed by atoms with E-state index in [0.29, 0.717) is 5.65 Å². The maximum absolute atomic E-state index is 11.2. The van der Waals surface area contributed by atoms with Gasteiger partial charge in [0.05, 0.1) is 0 Å². The Balaban J connectivity index is 2.90. The lowest BCUT2D eigenvalue weighted by molar-refractivity contribution is 0.459. The Morgan fingerprint density at radius 2 is 2.21 bits per heavy atom. The molecular weight excluding hydrogens is 186 g/mol. The second-order valence-electron chi connectivity index (χ2n) is 2.81. The van der Waals surface area contributed by atoms with Crippen LogP contribution in [0.2, 0.25) is 0 Å². The van der Waals surface area contributed by atoms with E-state index in [-0.39, 0.29) is 23.0 Å². The number of nitrogens with one attached hydrogen (secondary N) is 2. The molecule has 2 aromatic rings. The average molecular weight is 195 g/mol. The van der Waals surface area contributed by atoms with Crippen LogP contribution in [0, 0.1) is 0 Å². The van der Waals surface area contributed by atoms with Gasteiger partial charge in [-0.05, 0) is 0 Å². The number of H-pyrrole nitrogens is 1. The zero-order valence-electron chi connectivity index (χ0n) is 7.70. The molecule has 14 heavy (non-hydrogen) atoms. The number of rotatable bonds is 1. The van der Waals surface area contributed by atoms with Gasteiger partial charge in [0.15, 0.2) is 5.65 Å². The number of hydrogen-bond acceptors (Lipinski definition) is 5. The van der Waals surface area contributed by atoms with Crippen molar-refractivity contribution in [2.45, 2.75) is 0 Å². The number of aromatic hydroxyl groups is 1. The van der Waals surface area contributed by atoms with E-state index in [4.69, 9.17) is 0 Å². The lowest BCUT2D eigenvalue weighted by Crippen LogP contribution is -2.12. The molecule has 0 aliphatic rings. The summed E-state index contributed by atoms with van der Waals surface area (Å²) in [6, 6.07) is 0. The van der Waals surface area contributed by atoms with Crippen LogP contribution in [-0.2, 0) is 7.05 Å². The average Bonchev–Trinajstić information content (AvgIpc) is 2.45. The molecule has 0 atom stereocenters. The quantitative estimate of drug-likeness (QED) is 0.565. The molecule has 7 nitrogen and oxygen atoms in total. The van der Waals surface area contributed by atoms with Gasteiger partial charge in [-0.25, -0.2) is 4.79 Å². The highest BCUT2D eigenvalue weighted by Crippen LogP contribution is 2.18. The van der Waals surface area contributed by atoms with E-state index >= 15 is 0 Å². The van der Waals surface area contributed by atoms with Crippen LogP contribution in [0.1, 0.15) is 0 Å². The van der Waals surface area contributed by atoms with Crippen LogP contribution >= 0.6 is 0 Å². The van der Waals surface area contributed by atoms with E-state index in [1.165, 1.54) is 4.57 Å². The lowest BCUT2D eigenvalue weighted by atomic mass is 10.5. The van der Waals surface area contributed by atoms with Crippen LogP contribution in [0.4, 0.5) is 5.95 Å². The van der Waals surface area contributed by atoms with Crippen LogP contribution in [0.3, 0.4) is 0 Å². The Hall–Kier alpha value is -2.05. The van der Waals surface area contributed by atoms with Crippen molar-refractivity contribution in [3.8, 4) is 5.88 Å². The Morgan fingerprint density at radius 1 is 1.50 bits per heavy atom. The Morgan fingerprint density at radius 3 is 2.86 bits per heavy atom. The van der Waals surface area contributed by atoms with E-state index < -0.39 is 0 Å². The number of fused-ring (bicyclic) bond motifs is 1. The fourth-order valence-electron chi connectivity index (χ4n) is 1.19. The predicted molar refractivity (Wildman–Crippen MR) is 50.3 cm³/mol. The molecular formula is C7H9N5O2. The van der Waals surface area contributed by atoms with Gasteiger partial charge in [0.1, 0.15) is 5.52 Å². The van der Waals surface area contributed by atoms with Crippen molar-refractivity contribution in [3.05, 3.63) is 10.5 Å². The van der Waals surface area contributed by atoms with Gasteiger partial charge in [-0.15, -0.1) is 0 Å². The number of nitrogens with zero attached hydrogens (tertiary/aromatic N) is 3. The number of anilines is 1. The lowest BCUT2D eigenvalue weighted by Gasteiger charge is -1.99. The zero-order valence-corrected chi connectivity index (χ0v) is 7.70. The highest BCUT2D eigenvalue weighted by molar-refractivity contribution is 5.77. The van der Waals surface area contributed by atoms with Crippen LogP contribution in [0.15, 0.2) is 4.79 Å². The van der Waals surface area contributed by atoms with Crippen LogP contribution < -0.4 is 11.0 Å². The Labute approximate surface area is 78.4 Å². The van der Waals surface area contributed by atoms with Gasteiger partial charge in [0, 0.05) is 14.1 Å². The van der Waals surface area contributed by atoms with Gasteiger partial charge >= 0.3 is 5.69 Å². The number of aryl methyl sites for hydroxylation is 1. The molecule has 0 bridgehead atoms. The molecule has 0 fully saturated rings. The third-order valence-corrected chi connectivity index (χ3v) is 1.95. The van der Waals surface area contributed by atoms with Gasteiger partial charge in [0.2, 0.25) is 11.8 Å². The molecule has 2 heterocycles. The molecule has 0 amide bonds. The number of imidazole rings is 1. The molecule has 0 spiro atoms. The van der Waals surface area contributed by atoms with Gasteiger partial charge in [-0.3, -0.25) is 9.55 Å². The first-order valence-corrected chi connectivity index (χ1v) is 3.97. The molecule has 0 unspecified atom stereocenters. The van der Waals surface area contributed by atoms with Gasteiger partial charge in [-0.2, -0.15) is 9.97 Å². The first-order valence-electron chi connectivity index (χ1n) is 3.97. The summed E-state index contributed by atoms with van der Waals surface area (Å²) in [6.07, 6.45) is 0. The zero-order chi connectivity index (χ0) is 10.3. The fraction of sp³-hybridized carbons (Fsp3) is 0.286. The molecule has 2 aromatic heterocycles. The summed E-state index contributed by atoms with van der Waals surface area (Å²) in [7, 11) is 3.19. The van der Waals surface area contributed by atoms with Gasteiger partial charge in [-0.1, -0.05) is 0 Å². The minimum atomic E-state index is -0.335. The molecule has 0 aliphatic carbocycles. The van der Waals surface area contributed by atoms with Crippen molar-refractivity contribution in [2.75, 3.05) is 12.4 Å². The summed E-state index contributed by atoms with van der Waals surface area (Å²) in [4.78, 5) is 21.4.